The Balaban J connectivity index is 1.99. The smallest absolute Gasteiger partial charge is 0.313 e. The van der Waals surface area contributed by atoms with E-state index in [1.807, 2.05) is 19.9 Å². The molecule has 0 saturated heterocycles. The van der Waals surface area contributed by atoms with Crippen LogP contribution < -0.4 is 10.6 Å². The van der Waals surface area contributed by atoms with E-state index < -0.39 is 17.9 Å². The number of amides is 2. The van der Waals surface area contributed by atoms with Gasteiger partial charge in [-0.15, -0.1) is 0 Å². The monoisotopic (exact) mass is 314 g/mol. The Hall–Kier alpha value is -2.69. The van der Waals surface area contributed by atoms with Crippen LogP contribution in [-0.2, 0) is 9.59 Å². The maximum absolute atomic E-state index is 12.9. The van der Waals surface area contributed by atoms with Crippen LogP contribution in [0.5, 0.6) is 0 Å². The molecule has 0 fully saturated rings. The van der Waals surface area contributed by atoms with Gasteiger partial charge in [0.15, 0.2) is 0 Å². The van der Waals surface area contributed by atoms with Gasteiger partial charge >= 0.3 is 11.8 Å². The van der Waals surface area contributed by atoms with Crippen molar-refractivity contribution in [2.45, 2.75) is 26.8 Å². The fourth-order valence-electron chi connectivity index (χ4n) is 2.33. The normalized spacial score (nSPS) is 11.7. The fourth-order valence-corrected chi connectivity index (χ4v) is 2.33. The maximum atomic E-state index is 12.9. The van der Waals surface area contributed by atoms with Crippen molar-refractivity contribution in [3.8, 4) is 0 Å². The van der Waals surface area contributed by atoms with E-state index in [2.05, 4.69) is 10.6 Å². The van der Waals surface area contributed by atoms with Gasteiger partial charge in [0.2, 0.25) is 0 Å². The first-order chi connectivity index (χ1) is 10.8. The minimum absolute atomic E-state index is 0.347. The highest BCUT2D eigenvalue weighted by Crippen LogP contribution is 2.15. The summed E-state index contributed by atoms with van der Waals surface area (Å²) >= 11 is 0. The standard InChI is InChI=1S/C18H19FN2O2/c1-11-8-12(2)10-16(9-11)21-18(23)17(22)20-13(3)14-4-6-15(19)7-5-14/h4-10,13H,1-3H3,(H,20,22)(H,21,23). The van der Waals surface area contributed by atoms with Crippen LogP contribution in [0.1, 0.15) is 29.7 Å². The molecule has 0 aliphatic heterocycles. The number of hydrogen-bond donors (Lipinski definition) is 2. The molecule has 2 aromatic rings. The molecule has 0 bridgehead atoms. The predicted octanol–water partition coefficient (Wildman–Crippen LogP) is 3.26. The van der Waals surface area contributed by atoms with Gasteiger partial charge in [-0.05, 0) is 61.7 Å². The van der Waals surface area contributed by atoms with E-state index in [-0.39, 0.29) is 5.82 Å². The van der Waals surface area contributed by atoms with Gasteiger partial charge in [-0.2, -0.15) is 0 Å². The Bertz CT molecular complexity index is 706. The molecule has 0 saturated carbocycles. The molecule has 0 radical (unpaired) electrons. The van der Waals surface area contributed by atoms with Crippen molar-refractivity contribution in [1.82, 2.24) is 5.32 Å². The number of nitrogens with one attached hydrogen (secondary N) is 2. The lowest BCUT2D eigenvalue weighted by molar-refractivity contribution is -0.136. The summed E-state index contributed by atoms with van der Waals surface area (Å²) in [4.78, 5) is 23.9. The molecule has 2 amide bonds. The highest BCUT2D eigenvalue weighted by Gasteiger charge is 2.17. The van der Waals surface area contributed by atoms with Crippen molar-refractivity contribution < 1.29 is 14.0 Å². The molecule has 1 unspecified atom stereocenters. The highest BCUT2D eigenvalue weighted by molar-refractivity contribution is 6.39. The number of aryl methyl sites for hydroxylation is 2. The first-order valence-electron chi connectivity index (χ1n) is 7.31. The lowest BCUT2D eigenvalue weighted by Gasteiger charge is -2.14. The molecule has 2 rings (SSSR count). The van der Waals surface area contributed by atoms with Crippen molar-refractivity contribution in [1.29, 1.82) is 0 Å². The Labute approximate surface area is 134 Å². The van der Waals surface area contributed by atoms with Crippen LogP contribution in [0.3, 0.4) is 0 Å². The van der Waals surface area contributed by atoms with E-state index in [0.717, 1.165) is 16.7 Å². The molecule has 4 nitrogen and oxygen atoms in total. The lowest BCUT2D eigenvalue weighted by Crippen LogP contribution is -2.36. The maximum Gasteiger partial charge on any atom is 0.313 e. The first kappa shape index (κ1) is 16.7. The van der Waals surface area contributed by atoms with Gasteiger partial charge in [-0.25, -0.2) is 4.39 Å². The molecular weight excluding hydrogens is 295 g/mol. The summed E-state index contributed by atoms with van der Waals surface area (Å²) < 4.78 is 12.9. The number of anilines is 1. The first-order valence-corrected chi connectivity index (χ1v) is 7.31. The quantitative estimate of drug-likeness (QED) is 0.854. The van der Waals surface area contributed by atoms with Crippen LogP contribution in [0.4, 0.5) is 10.1 Å². The highest BCUT2D eigenvalue weighted by atomic mass is 19.1. The summed E-state index contributed by atoms with van der Waals surface area (Å²) in [6.07, 6.45) is 0. The fraction of sp³-hybridized carbons (Fsp3) is 0.222. The summed E-state index contributed by atoms with van der Waals surface area (Å²) in [5.41, 5.74) is 3.30. The van der Waals surface area contributed by atoms with Crippen LogP contribution in [0.15, 0.2) is 42.5 Å². The van der Waals surface area contributed by atoms with E-state index in [0.29, 0.717) is 5.69 Å². The Morgan fingerprint density at radius 2 is 1.52 bits per heavy atom. The average molecular weight is 314 g/mol. The van der Waals surface area contributed by atoms with E-state index >= 15 is 0 Å². The van der Waals surface area contributed by atoms with Gasteiger partial charge in [-0.3, -0.25) is 9.59 Å². The average Bonchev–Trinajstić information content (AvgIpc) is 2.46. The summed E-state index contributed by atoms with van der Waals surface area (Å²) in [5.74, 6) is -1.82. The molecule has 120 valence electrons. The topological polar surface area (TPSA) is 58.2 Å². The van der Waals surface area contributed by atoms with E-state index in [9.17, 15) is 14.0 Å². The van der Waals surface area contributed by atoms with Crippen molar-refractivity contribution in [3.63, 3.8) is 0 Å². The third-order valence-corrected chi connectivity index (χ3v) is 3.40. The zero-order chi connectivity index (χ0) is 17.0. The number of halogens is 1. The van der Waals surface area contributed by atoms with Crippen LogP contribution in [-0.4, -0.2) is 11.8 Å². The van der Waals surface area contributed by atoms with Gasteiger partial charge < -0.3 is 10.6 Å². The Morgan fingerprint density at radius 3 is 2.09 bits per heavy atom. The van der Waals surface area contributed by atoms with Crippen molar-refractivity contribution >= 4 is 17.5 Å². The largest absolute Gasteiger partial charge is 0.341 e. The molecule has 0 spiro atoms. The second-order valence-electron chi connectivity index (χ2n) is 5.58. The minimum Gasteiger partial charge on any atom is -0.341 e. The van der Waals surface area contributed by atoms with Gasteiger partial charge in [0.05, 0.1) is 6.04 Å². The number of rotatable bonds is 3. The molecule has 2 N–H and O–H groups in total. The van der Waals surface area contributed by atoms with E-state index in [1.54, 1.807) is 31.2 Å². The van der Waals surface area contributed by atoms with Gasteiger partial charge in [0.25, 0.3) is 0 Å². The molecule has 5 heteroatoms. The second kappa shape index (κ2) is 7.05. The number of carbonyl (C=O) groups is 2. The van der Waals surface area contributed by atoms with Crippen molar-refractivity contribution in [2.24, 2.45) is 0 Å². The number of carbonyl (C=O) groups excluding carboxylic acids is 2. The van der Waals surface area contributed by atoms with Crippen LogP contribution >= 0.6 is 0 Å². The van der Waals surface area contributed by atoms with Gasteiger partial charge in [0, 0.05) is 5.69 Å². The van der Waals surface area contributed by atoms with Crippen LogP contribution in [0.2, 0.25) is 0 Å². The van der Waals surface area contributed by atoms with Gasteiger partial charge in [-0.1, -0.05) is 18.2 Å². The molecule has 23 heavy (non-hydrogen) atoms. The van der Waals surface area contributed by atoms with E-state index in [1.165, 1.54) is 12.1 Å². The zero-order valence-electron chi connectivity index (χ0n) is 13.3. The molecule has 1 atom stereocenters. The molecule has 0 aliphatic rings. The van der Waals surface area contributed by atoms with Crippen molar-refractivity contribution in [3.05, 3.63) is 65.0 Å². The summed E-state index contributed by atoms with van der Waals surface area (Å²) in [5, 5.41) is 5.17. The van der Waals surface area contributed by atoms with E-state index in [4.69, 9.17) is 0 Å². The molecule has 0 heterocycles. The van der Waals surface area contributed by atoms with Gasteiger partial charge in [0.1, 0.15) is 5.82 Å². The second-order valence-corrected chi connectivity index (χ2v) is 5.58. The molecule has 0 aliphatic carbocycles. The third-order valence-electron chi connectivity index (χ3n) is 3.40. The zero-order valence-corrected chi connectivity index (χ0v) is 13.3. The summed E-state index contributed by atoms with van der Waals surface area (Å²) in [7, 11) is 0. The number of benzene rings is 2. The SMILES string of the molecule is Cc1cc(C)cc(NC(=O)C(=O)NC(C)c2ccc(F)cc2)c1. The Morgan fingerprint density at radius 1 is 0.957 bits per heavy atom. The Kier molecular flexibility index (Phi) is 5.11. The van der Waals surface area contributed by atoms with Crippen molar-refractivity contribution in [2.75, 3.05) is 5.32 Å². The lowest BCUT2D eigenvalue weighted by atomic mass is 10.1. The minimum atomic E-state index is -0.735. The predicted molar refractivity (Wildman–Crippen MR) is 87.5 cm³/mol. The molecule has 0 aromatic heterocycles. The van der Waals surface area contributed by atoms with Crippen LogP contribution in [0.25, 0.3) is 0 Å². The third kappa shape index (κ3) is 4.64. The molecule has 2 aromatic carbocycles. The summed E-state index contributed by atoms with van der Waals surface area (Å²) in [6.45, 7) is 5.56. The summed E-state index contributed by atoms with van der Waals surface area (Å²) in [6, 6.07) is 10.9. The number of hydrogen-bond acceptors (Lipinski definition) is 2. The van der Waals surface area contributed by atoms with Crippen LogP contribution in [0, 0.1) is 19.7 Å². The molecular formula is C18H19FN2O2.